The molecule has 1 aromatic carbocycles. The molecule has 0 fully saturated rings. The smallest absolute Gasteiger partial charge is 0.382 e. The first kappa shape index (κ1) is 27.4. The highest BCUT2D eigenvalue weighted by Gasteiger charge is 2.31. The third-order valence-electron chi connectivity index (χ3n) is 5.51. The number of aromatic nitrogens is 1. The van der Waals surface area contributed by atoms with Crippen LogP contribution in [0.3, 0.4) is 0 Å². The molecule has 0 radical (unpaired) electrons. The third kappa shape index (κ3) is 8.20. The van der Waals surface area contributed by atoms with Crippen LogP contribution in [0.2, 0.25) is 0 Å². The number of ether oxygens (including phenoxy) is 1. The SMILES string of the molecule is CCCCN(Cc1cccn1C)C(=O)CN(CCCOCC)C(=O)c1cccc(C(F)(F)F)c1. The summed E-state index contributed by atoms with van der Waals surface area (Å²) in [5.41, 5.74) is -0.0367. The lowest BCUT2D eigenvalue weighted by atomic mass is 10.1. The molecule has 2 amide bonds. The van der Waals surface area contributed by atoms with Gasteiger partial charge >= 0.3 is 6.18 Å². The van der Waals surface area contributed by atoms with Crippen molar-refractivity contribution in [3.63, 3.8) is 0 Å². The second-order valence-corrected chi connectivity index (χ2v) is 8.14. The van der Waals surface area contributed by atoms with E-state index in [0.717, 1.165) is 30.7 Å². The summed E-state index contributed by atoms with van der Waals surface area (Å²) < 4.78 is 46.8. The predicted octanol–water partition coefficient (Wildman–Crippen LogP) is 4.74. The quantitative estimate of drug-likeness (QED) is 0.388. The Morgan fingerprint density at radius 1 is 1.03 bits per heavy atom. The molecule has 0 bridgehead atoms. The van der Waals surface area contributed by atoms with Gasteiger partial charge in [0.15, 0.2) is 0 Å². The summed E-state index contributed by atoms with van der Waals surface area (Å²) in [5.74, 6) is -0.850. The third-order valence-corrected chi connectivity index (χ3v) is 5.51. The highest BCUT2D eigenvalue weighted by Crippen LogP contribution is 2.29. The van der Waals surface area contributed by atoms with Crippen molar-refractivity contribution in [2.75, 3.05) is 32.8 Å². The molecule has 2 aromatic rings. The van der Waals surface area contributed by atoms with Gasteiger partial charge in [0.25, 0.3) is 5.91 Å². The fourth-order valence-corrected chi connectivity index (χ4v) is 3.53. The summed E-state index contributed by atoms with van der Waals surface area (Å²) in [4.78, 5) is 29.5. The lowest BCUT2D eigenvalue weighted by Gasteiger charge is -2.28. The Kier molecular flexibility index (Phi) is 10.6. The number of rotatable bonds is 13. The monoisotopic (exact) mass is 481 g/mol. The van der Waals surface area contributed by atoms with Crippen molar-refractivity contribution in [2.24, 2.45) is 7.05 Å². The van der Waals surface area contributed by atoms with Crippen molar-refractivity contribution in [1.82, 2.24) is 14.4 Å². The molecule has 0 saturated carbocycles. The molecular weight excluding hydrogens is 447 g/mol. The van der Waals surface area contributed by atoms with E-state index in [2.05, 4.69) is 0 Å². The Hall–Kier alpha value is -2.81. The van der Waals surface area contributed by atoms with Crippen LogP contribution in [0.4, 0.5) is 13.2 Å². The van der Waals surface area contributed by atoms with Gasteiger partial charge in [-0.2, -0.15) is 13.2 Å². The van der Waals surface area contributed by atoms with Gasteiger partial charge in [-0.25, -0.2) is 0 Å². The number of carbonyl (C=O) groups excluding carboxylic acids is 2. The minimum Gasteiger partial charge on any atom is -0.382 e. The van der Waals surface area contributed by atoms with E-state index >= 15 is 0 Å². The van der Waals surface area contributed by atoms with Gasteiger partial charge in [-0.05, 0) is 50.1 Å². The second kappa shape index (κ2) is 13.2. The van der Waals surface area contributed by atoms with Crippen molar-refractivity contribution < 1.29 is 27.5 Å². The van der Waals surface area contributed by atoms with Crippen LogP contribution in [0.15, 0.2) is 42.6 Å². The summed E-state index contributed by atoms with van der Waals surface area (Å²) in [6.45, 7) is 5.70. The van der Waals surface area contributed by atoms with Crippen LogP contribution in [0.5, 0.6) is 0 Å². The normalized spacial score (nSPS) is 11.5. The topological polar surface area (TPSA) is 54.8 Å². The molecule has 6 nitrogen and oxygen atoms in total. The maximum atomic E-state index is 13.3. The van der Waals surface area contributed by atoms with Crippen molar-refractivity contribution >= 4 is 11.8 Å². The highest BCUT2D eigenvalue weighted by atomic mass is 19.4. The van der Waals surface area contributed by atoms with Gasteiger partial charge in [-0.3, -0.25) is 9.59 Å². The summed E-state index contributed by atoms with van der Waals surface area (Å²) >= 11 is 0. The average molecular weight is 482 g/mol. The van der Waals surface area contributed by atoms with Crippen LogP contribution in [0.25, 0.3) is 0 Å². The van der Waals surface area contributed by atoms with E-state index in [0.29, 0.717) is 32.7 Å². The number of hydrogen-bond acceptors (Lipinski definition) is 3. The lowest BCUT2D eigenvalue weighted by Crippen LogP contribution is -2.44. The lowest BCUT2D eigenvalue weighted by molar-refractivity contribution is -0.137. The van der Waals surface area contributed by atoms with Crippen molar-refractivity contribution in [3.8, 4) is 0 Å². The van der Waals surface area contributed by atoms with Gasteiger partial charge in [0.05, 0.1) is 12.1 Å². The van der Waals surface area contributed by atoms with Crippen LogP contribution in [-0.2, 0) is 29.3 Å². The second-order valence-electron chi connectivity index (χ2n) is 8.14. The molecule has 0 saturated heterocycles. The van der Waals surface area contributed by atoms with Gasteiger partial charge in [-0.1, -0.05) is 19.4 Å². The minimum absolute atomic E-state index is 0.0958. The van der Waals surface area contributed by atoms with E-state index < -0.39 is 17.6 Å². The molecule has 0 aliphatic rings. The maximum Gasteiger partial charge on any atom is 0.416 e. The van der Waals surface area contributed by atoms with Gasteiger partial charge < -0.3 is 19.1 Å². The zero-order valence-electron chi connectivity index (χ0n) is 20.1. The molecule has 0 unspecified atom stereocenters. The van der Waals surface area contributed by atoms with Gasteiger partial charge in [-0.15, -0.1) is 0 Å². The Morgan fingerprint density at radius 2 is 1.76 bits per heavy atom. The Labute approximate surface area is 199 Å². The number of unbranched alkanes of at least 4 members (excludes halogenated alkanes) is 1. The zero-order chi connectivity index (χ0) is 25.1. The first-order valence-corrected chi connectivity index (χ1v) is 11.6. The maximum absolute atomic E-state index is 13.3. The van der Waals surface area contributed by atoms with Gasteiger partial charge in [0, 0.05) is 50.8 Å². The molecule has 0 aliphatic heterocycles. The van der Waals surface area contributed by atoms with E-state index in [1.54, 1.807) is 4.90 Å². The fraction of sp³-hybridized carbons (Fsp3) is 0.520. The van der Waals surface area contributed by atoms with E-state index in [1.807, 2.05) is 43.8 Å². The molecule has 0 atom stereocenters. The molecule has 0 N–H and O–H groups in total. The van der Waals surface area contributed by atoms with Crippen molar-refractivity contribution in [2.45, 2.75) is 45.8 Å². The molecule has 1 heterocycles. The van der Waals surface area contributed by atoms with Crippen molar-refractivity contribution in [3.05, 3.63) is 59.4 Å². The van der Waals surface area contributed by atoms with E-state index in [-0.39, 0.29) is 24.6 Å². The van der Waals surface area contributed by atoms with Crippen LogP contribution < -0.4 is 0 Å². The highest BCUT2D eigenvalue weighted by molar-refractivity contribution is 5.96. The molecular formula is C25H34F3N3O3. The fourth-order valence-electron chi connectivity index (χ4n) is 3.53. The van der Waals surface area contributed by atoms with Crippen LogP contribution in [-0.4, -0.2) is 59.0 Å². The van der Waals surface area contributed by atoms with Gasteiger partial charge in [0.1, 0.15) is 6.54 Å². The first-order valence-electron chi connectivity index (χ1n) is 11.6. The van der Waals surface area contributed by atoms with E-state index in [4.69, 9.17) is 4.74 Å². The molecule has 34 heavy (non-hydrogen) atoms. The largest absolute Gasteiger partial charge is 0.416 e. The molecule has 1 aromatic heterocycles. The molecule has 0 aliphatic carbocycles. The first-order chi connectivity index (χ1) is 16.2. The molecule has 188 valence electrons. The Bertz CT molecular complexity index is 927. The molecule has 2 rings (SSSR count). The van der Waals surface area contributed by atoms with Crippen molar-refractivity contribution in [1.29, 1.82) is 0 Å². The standard InChI is InChI=1S/C25H34F3N3O3/c1-4-6-14-30(18-22-12-8-13-29(22)3)23(32)19-31(15-9-16-34-5-2)24(33)20-10-7-11-21(17-20)25(26,27)28/h7-8,10-13,17H,4-6,9,14-16,18-19H2,1-3H3. The Balaban J connectivity index is 2.23. The molecule has 0 spiro atoms. The average Bonchev–Trinajstić information content (AvgIpc) is 3.21. The molecule has 9 heteroatoms. The summed E-state index contributed by atoms with van der Waals surface area (Å²) in [6.07, 6.45) is -0.480. The summed E-state index contributed by atoms with van der Waals surface area (Å²) in [5, 5.41) is 0. The summed E-state index contributed by atoms with van der Waals surface area (Å²) in [6, 6.07) is 8.14. The number of nitrogens with zero attached hydrogens (tertiary/aromatic N) is 3. The number of halogens is 3. The van der Waals surface area contributed by atoms with Crippen LogP contribution >= 0.6 is 0 Å². The number of alkyl halides is 3. The summed E-state index contributed by atoms with van der Waals surface area (Å²) in [7, 11) is 1.90. The predicted molar refractivity (Wildman–Crippen MR) is 124 cm³/mol. The minimum atomic E-state index is -4.56. The number of aryl methyl sites for hydroxylation is 1. The van der Waals surface area contributed by atoms with Crippen LogP contribution in [0, 0.1) is 0 Å². The Morgan fingerprint density at radius 3 is 2.38 bits per heavy atom. The van der Waals surface area contributed by atoms with Gasteiger partial charge in [0.2, 0.25) is 5.91 Å². The van der Waals surface area contributed by atoms with Crippen LogP contribution in [0.1, 0.15) is 54.7 Å². The number of amides is 2. The number of carbonyl (C=O) groups is 2. The van der Waals surface area contributed by atoms with E-state index in [9.17, 15) is 22.8 Å². The number of benzene rings is 1. The van der Waals surface area contributed by atoms with E-state index in [1.165, 1.54) is 17.0 Å². The zero-order valence-corrected chi connectivity index (χ0v) is 20.1. The number of hydrogen-bond donors (Lipinski definition) is 0.